The SMILES string of the molecule is COC(=O)CCC(C(N)=O)N1C=C2C=CC(=O)C(OCC3CCCOC3)=C2C1. The summed E-state index contributed by atoms with van der Waals surface area (Å²) in [6, 6.07) is -0.666. The van der Waals surface area contributed by atoms with Crippen LogP contribution in [-0.4, -0.2) is 62.1 Å². The van der Waals surface area contributed by atoms with Gasteiger partial charge in [-0.3, -0.25) is 14.4 Å². The number of carbonyl (C=O) groups excluding carboxylic acids is 3. The molecule has 3 aliphatic rings. The van der Waals surface area contributed by atoms with Crippen LogP contribution in [0.1, 0.15) is 25.7 Å². The summed E-state index contributed by atoms with van der Waals surface area (Å²) in [5, 5.41) is 0. The van der Waals surface area contributed by atoms with E-state index in [1.165, 1.54) is 13.2 Å². The Bertz CT molecular complexity index is 733. The molecular formula is C20H26N2O6. The van der Waals surface area contributed by atoms with Crippen molar-refractivity contribution in [3.63, 3.8) is 0 Å². The van der Waals surface area contributed by atoms with Crippen LogP contribution < -0.4 is 5.73 Å². The zero-order chi connectivity index (χ0) is 20.1. The first-order valence-electron chi connectivity index (χ1n) is 9.49. The number of rotatable bonds is 8. The number of nitrogens with two attached hydrogens (primary N) is 1. The van der Waals surface area contributed by atoms with Gasteiger partial charge in [-0.05, 0) is 37.0 Å². The summed E-state index contributed by atoms with van der Waals surface area (Å²) < 4.78 is 16.0. The minimum atomic E-state index is -0.666. The molecule has 2 N–H and O–H groups in total. The van der Waals surface area contributed by atoms with E-state index >= 15 is 0 Å². The predicted molar refractivity (Wildman–Crippen MR) is 99.7 cm³/mol. The van der Waals surface area contributed by atoms with Crippen molar-refractivity contribution < 1.29 is 28.6 Å². The van der Waals surface area contributed by atoms with Crippen molar-refractivity contribution in [1.29, 1.82) is 0 Å². The number of ether oxygens (including phenoxy) is 3. The van der Waals surface area contributed by atoms with Gasteiger partial charge in [-0.1, -0.05) is 0 Å². The van der Waals surface area contributed by atoms with Gasteiger partial charge in [0.2, 0.25) is 11.7 Å². The van der Waals surface area contributed by atoms with E-state index in [4.69, 9.17) is 15.2 Å². The van der Waals surface area contributed by atoms with Gasteiger partial charge in [0.05, 0.1) is 20.3 Å². The highest BCUT2D eigenvalue weighted by molar-refractivity contribution is 6.05. The molecule has 0 aromatic rings. The second-order valence-corrected chi connectivity index (χ2v) is 7.19. The molecule has 0 spiro atoms. The maximum Gasteiger partial charge on any atom is 0.305 e. The fraction of sp³-hybridized carbons (Fsp3) is 0.550. The van der Waals surface area contributed by atoms with E-state index in [1.807, 2.05) is 0 Å². The van der Waals surface area contributed by atoms with Crippen LogP contribution in [0.25, 0.3) is 0 Å². The van der Waals surface area contributed by atoms with Crippen molar-refractivity contribution in [2.45, 2.75) is 31.7 Å². The van der Waals surface area contributed by atoms with E-state index in [-0.39, 0.29) is 24.5 Å². The molecule has 2 atom stereocenters. The van der Waals surface area contributed by atoms with Gasteiger partial charge in [-0.25, -0.2) is 0 Å². The third-order valence-corrected chi connectivity index (χ3v) is 5.20. The molecule has 1 aliphatic carbocycles. The first-order valence-corrected chi connectivity index (χ1v) is 9.49. The molecule has 28 heavy (non-hydrogen) atoms. The second-order valence-electron chi connectivity index (χ2n) is 7.19. The highest BCUT2D eigenvalue weighted by Crippen LogP contribution is 2.32. The summed E-state index contributed by atoms with van der Waals surface area (Å²) in [7, 11) is 1.30. The molecule has 0 aromatic carbocycles. The summed E-state index contributed by atoms with van der Waals surface area (Å²) in [6.07, 6.45) is 7.31. The van der Waals surface area contributed by atoms with Crippen LogP contribution in [0.3, 0.4) is 0 Å². The van der Waals surface area contributed by atoms with Gasteiger partial charge in [0.25, 0.3) is 0 Å². The number of esters is 1. The number of hydrogen-bond donors (Lipinski definition) is 1. The van der Waals surface area contributed by atoms with Gasteiger partial charge in [-0.2, -0.15) is 0 Å². The summed E-state index contributed by atoms with van der Waals surface area (Å²) in [5.74, 6) is -0.529. The average molecular weight is 390 g/mol. The number of amides is 1. The van der Waals surface area contributed by atoms with E-state index in [2.05, 4.69) is 4.74 Å². The zero-order valence-electron chi connectivity index (χ0n) is 16.0. The highest BCUT2D eigenvalue weighted by atomic mass is 16.5. The fourth-order valence-corrected chi connectivity index (χ4v) is 3.64. The van der Waals surface area contributed by atoms with Crippen molar-refractivity contribution in [2.75, 3.05) is 33.5 Å². The van der Waals surface area contributed by atoms with Gasteiger partial charge in [0, 0.05) is 37.3 Å². The largest absolute Gasteiger partial charge is 0.489 e. The van der Waals surface area contributed by atoms with Crippen LogP contribution in [0.5, 0.6) is 0 Å². The van der Waals surface area contributed by atoms with Crippen LogP contribution in [0.15, 0.2) is 35.3 Å². The Labute approximate surface area is 164 Å². The molecule has 1 saturated heterocycles. The van der Waals surface area contributed by atoms with E-state index < -0.39 is 17.9 Å². The zero-order valence-corrected chi connectivity index (χ0v) is 16.0. The Morgan fingerprint density at radius 2 is 2.21 bits per heavy atom. The minimum Gasteiger partial charge on any atom is -0.489 e. The van der Waals surface area contributed by atoms with E-state index in [1.54, 1.807) is 17.2 Å². The minimum absolute atomic E-state index is 0.0859. The number of ketones is 1. The molecule has 0 bridgehead atoms. The monoisotopic (exact) mass is 390 g/mol. The first-order chi connectivity index (χ1) is 13.5. The molecule has 2 aliphatic heterocycles. The van der Waals surface area contributed by atoms with Gasteiger partial charge in [0.1, 0.15) is 6.04 Å². The van der Waals surface area contributed by atoms with Gasteiger partial charge < -0.3 is 24.8 Å². The number of allylic oxidation sites excluding steroid dienone is 2. The summed E-state index contributed by atoms with van der Waals surface area (Å²) in [5.41, 5.74) is 7.11. The number of primary amides is 1. The van der Waals surface area contributed by atoms with Crippen molar-refractivity contribution in [1.82, 2.24) is 4.90 Å². The van der Waals surface area contributed by atoms with Crippen molar-refractivity contribution in [3.8, 4) is 0 Å². The Morgan fingerprint density at radius 1 is 1.39 bits per heavy atom. The molecule has 1 fully saturated rings. The molecule has 8 nitrogen and oxygen atoms in total. The number of methoxy groups -OCH3 is 1. The number of fused-ring (bicyclic) bond motifs is 1. The van der Waals surface area contributed by atoms with Crippen molar-refractivity contribution in [2.24, 2.45) is 11.7 Å². The molecule has 3 rings (SSSR count). The number of hydrogen-bond acceptors (Lipinski definition) is 7. The summed E-state index contributed by atoms with van der Waals surface area (Å²) in [4.78, 5) is 37.5. The van der Waals surface area contributed by atoms with Gasteiger partial charge >= 0.3 is 5.97 Å². The van der Waals surface area contributed by atoms with Crippen molar-refractivity contribution >= 4 is 17.7 Å². The molecule has 2 unspecified atom stereocenters. The van der Waals surface area contributed by atoms with Crippen LogP contribution in [0.2, 0.25) is 0 Å². The molecular weight excluding hydrogens is 364 g/mol. The third kappa shape index (κ3) is 4.62. The Balaban J connectivity index is 1.71. The normalized spacial score (nSPS) is 22.6. The standard InChI is InChI=1S/C20H26N2O6/c1-26-18(24)7-5-16(20(21)25)22-9-14-4-6-17(23)19(15(14)10-22)28-12-13-3-2-8-27-11-13/h4,6,9,13,16H,2-3,5,7-8,10-12H2,1H3,(H2,21,25). The molecule has 1 amide bonds. The average Bonchev–Trinajstić information content (AvgIpc) is 3.11. The number of nitrogens with zero attached hydrogens (tertiary/aromatic N) is 1. The lowest BCUT2D eigenvalue weighted by atomic mass is 9.99. The maximum atomic E-state index is 12.4. The molecule has 8 heteroatoms. The van der Waals surface area contributed by atoms with Crippen LogP contribution in [0, 0.1) is 5.92 Å². The van der Waals surface area contributed by atoms with E-state index in [9.17, 15) is 14.4 Å². The van der Waals surface area contributed by atoms with Gasteiger partial charge in [0.15, 0.2) is 5.76 Å². The Kier molecular flexibility index (Phi) is 6.51. The second kappa shape index (κ2) is 9.05. The first kappa shape index (κ1) is 20.1. The Morgan fingerprint density at radius 3 is 2.89 bits per heavy atom. The third-order valence-electron chi connectivity index (χ3n) is 5.20. The van der Waals surface area contributed by atoms with Crippen LogP contribution in [0.4, 0.5) is 0 Å². The molecule has 2 heterocycles. The van der Waals surface area contributed by atoms with E-state index in [0.717, 1.165) is 30.6 Å². The quantitative estimate of drug-likeness (QED) is 0.612. The lowest BCUT2D eigenvalue weighted by Gasteiger charge is -2.26. The molecule has 152 valence electrons. The fourth-order valence-electron chi connectivity index (χ4n) is 3.64. The lowest BCUT2D eigenvalue weighted by Crippen LogP contribution is -2.41. The van der Waals surface area contributed by atoms with Crippen molar-refractivity contribution in [3.05, 3.63) is 35.3 Å². The van der Waals surface area contributed by atoms with E-state index in [0.29, 0.717) is 25.5 Å². The van der Waals surface area contributed by atoms with Gasteiger partial charge in [-0.15, -0.1) is 0 Å². The summed E-state index contributed by atoms with van der Waals surface area (Å²) in [6.45, 7) is 2.16. The topological polar surface area (TPSA) is 108 Å². The predicted octanol–water partition coefficient (Wildman–Crippen LogP) is 0.829. The Hall–Kier alpha value is -2.61. The molecule has 0 radical (unpaired) electrons. The highest BCUT2D eigenvalue weighted by Gasteiger charge is 2.33. The molecule has 0 aromatic heterocycles. The van der Waals surface area contributed by atoms with Crippen LogP contribution in [-0.2, 0) is 28.6 Å². The number of carbonyl (C=O) groups is 3. The maximum absolute atomic E-state index is 12.4. The lowest BCUT2D eigenvalue weighted by molar-refractivity contribution is -0.141. The van der Waals surface area contributed by atoms with Crippen LogP contribution >= 0.6 is 0 Å². The summed E-state index contributed by atoms with van der Waals surface area (Å²) >= 11 is 0. The molecule has 0 saturated carbocycles. The smallest absolute Gasteiger partial charge is 0.305 e.